The average Bonchev–Trinajstić information content (AvgIpc) is 3.19. The molecule has 1 aromatic heterocycles. The SMILES string of the molecule is CCOCCCN=C(NCCCC1CCCCO1)NCCc1ccco1.I. The lowest BCUT2D eigenvalue weighted by atomic mass is 10.0. The Morgan fingerprint density at radius 1 is 1.26 bits per heavy atom. The predicted octanol–water partition coefficient (Wildman–Crippen LogP) is 3.75. The van der Waals surface area contributed by atoms with Gasteiger partial charge in [-0.25, -0.2) is 0 Å². The van der Waals surface area contributed by atoms with Gasteiger partial charge in [-0.3, -0.25) is 4.99 Å². The molecule has 0 bridgehead atoms. The Balaban J connectivity index is 0.00000364. The lowest BCUT2D eigenvalue weighted by Gasteiger charge is -2.22. The molecule has 27 heavy (non-hydrogen) atoms. The molecule has 0 aliphatic carbocycles. The highest BCUT2D eigenvalue weighted by Crippen LogP contribution is 2.16. The maximum Gasteiger partial charge on any atom is 0.191 e. The minimum absolute atomic E-state index is 0. The van der Waals surface area contributed by atoms with Gasteiger partial charge in [0.2, 0.25) is 0 Å². The molecule has 6 nitrogen and oxygen atoms in total. The fraction of sp³-hybridized carbons (Fsp3) is 0.750. The molecule has 156 valence electrons. The van der Waals surface area contributed by atoms with Gasteiger partial charge in [0.25, 0.3) is 0 Å². The van der Waals surface area contributed by atoms with E-state index in [1.54, 1.807) is 6.26 Å². The second-order valence-corrected chi connectivity index (χ2v) is 6.59. The molecule has 1 unspecified atom stereocenters. The summed E-state index contributed by atoms with van der Waals surface area (Å²) in [6, 6.07) is 3.92. The topological polar surface area (TPSA) is 68.0 Å². The van der Waals surface area contributed by atoms with Gasteiger partial charge in [0.1, 0.15) is 5.76 Å². The van der Waals surface area contributed by atoms with E-state index in [9.17, 15) is 0 Å². The summed E-state index contributed by atoms with van der Waals surface area (Å²) >= 11 is 0. The number of nitrogens with zero attached hydrogens (tertiary/aromatic N) is 1. The molecule has 1 atom stereocenters. The van der Waals surface area contributed by atoms with Gasteiger partial charge in [0.15, 0.2) is 5.96 Å². The molecule has 0 amide bonds. The number of hydrogen-bond acceptors (Lipinski definition) is 4. The third kappa shape index (κ3) is 11.6. The standard InChI is InChI=1S/C20H35N3O3.HI/c1-2-24-15-7-13-22-20(23-14-11-19-10-6-17-26-19)21-12-5-9-18-8-3-4-16-25-18;/h6,10,17-18H,2-5,7-9,11-16H2,1H3,(H2,21,22,23);1H. The van der Waals surface area contributed by atoms with E-state index in [0.717, 1.165) is 76.9 Å². The summed E-state index contributed by atoms with van der Waals surface area (Å²) in [6.45, 7) is 6.95. The highest BCUT2D eigenvalue weighted by Gasteiger charge is 2.13. The van der Waals surface area contributed by atoms with Crippen molar-refractivity contribution in [2.75, 3.05) is 39.5 Å². The molecule has 0 radical (unpaired) electrons. The first kappa shape index (κ1) is 24.2. The molecular formula is C20H36IN3O3. The van der Waals surface area contributed by atoms with Crippen LogP contribution < -0.4 is 10.6 Å². The lowest BCUT2D eigenvalue weighted by Crippen LogP contribution is -2.39. The summed E-state index contributed by atoms with van der Waals surface area (Å²) in [5.74, 6) is 1.86. The summed E-state index contributed by atoms with van der Waals surface area (Å²) in [5, 5.41) is 6.84. The second-order valence-electron chi connectivity index (χ2n) is 6.59. The number of ether oxygens (including phenoxy) is 2. The monoisotopic (exact) mass is 493 g/mol. The summed E-state index contributed by atoms with van der Waals surface area (Å²) in [5.41, 5.74) is 0. The smallest absolute Gasteiger partial charge is 0.191 e. The van der Waals surface area contributed by atoms with Crippen LogP contribution in [-0.2, 0) is 15.9 Å². The van der Waals surface area contributed by atoms with Crippen molar-refractivity contribution in [3.8, 4) is 0 Å². The maximum absolute atomic E-state index is 5.80. The normalized spacial score (nSPS) is 17.4. The summed E-state index contributed by atoms with van der Waals surface area (Å²) in [6.07, 6.45) is 9.90. The molecule has 7 heteroatoms. The lowest BCUT2D eigenvalue weighted by molar-refractivity contribution is 0.0104. The molecule has 0 spiro atoms. The Labute approximate surface area is 180 Å². The van der Waals surface area contributed by atoms with Crippen LogP contribution in [0.4, 0.5) is 0 Å². The van der Waals surface area contributed by atoms with Crippen molar-refractivity contribution in [2.45, 2.75) is 58.0 Å². The molecule has 2 rings (SSSR count). The van der Waals surface area contributed by atoms with Crippen molar-refractivity contribution in [3.05, 3.63) is 24.2 Å². The van der Waals surface area contributed by atoms with Crippen molar-refractivity contribution >= 4 is 29.9 Å². The first-order valence-corrected chi connectivity index (χ1v) is 10.1. The number of furan rings is 1. The van der Waals surface area contributed by atoms with Crippen molar-refractivity contribution in [3.63, 3.8) is 0 Å². The number of hydrogen-bond donors (Lipinski definition) is 2. The fourth-order valence-electron chi connectivity index (χ4n) is 3.01. The zero-order chi connectivity index (χ0) is 18.3. The van der Waals surface area contributed by atoms with E-state index >= 15 is 0 Å². The van der Waals surface area contributed by atoms with Gasteiger partial charge in [-0.05, 0) is 57.6 Å². The first-order valence-electron chi connectivity index (χ1n) is 10.1. The van der Waals surface area contributed by atoms with Gasteiger partial charge < -0.3 is 24.5 Å². The van der Waals surface area contributed by atoms with Crippen LogP contribution >= 0.6 is 24.0 Å². The molecule has 1 aromatic rings. The molecule has 1 saturated heterocycles. The van der Waals surface area contributed by atoms with E-state index in [1.807, 2.05) is 19.1 Å². The molecule has 1 aliphatic heterocycles. The van der Waals surface area contributed by atoms with E-state index in [0.29, 0.717) is 6.10 Å². The molecule has 0 aromatic carbocycles. The molecule has 1 fully saturated rings. The van der Waals surface area contributed by atoms with Crippen LogP contribution in [0, 0.1) is 0 Å². The zero-order valence-electron chi connectivity index (χ0n) is 16.6. The largest absolute Gasteiger partial charge is 0.469 e. The quantitative estimate of drug-likeness (QED) is 0.201. The molecule has 2 N–H and O–H groups in total. The van der Waals surface area contributed by atoms with Gasteiger partial charge >= 0.3 is 0 Å². The fourth-order valence-corrected chi connectivity index (χ4v) is 3.01. The summed E-state index contributed by atoms with van der Waals surface area (Å²) in [7, 11) is 0. The minimum Gasteiger partial charge on any atom is -0.469 e. The van der Waals surface area contributed by atoms with Crippen LogP contribution in [0.2, 0.25) is 0 Å². The summed E-state index contributed by atoms with van der Waals surface area (Å²) in [4.78, 5) is 4.65. The number of aliphatic imine (C=N–C) groups is 1. The first-order chi connectivity index (χ1) is 12.9. The minimum atomic E-state index is 0. The van der Waals surface area contributed by atoms with Gasteiger partial charge in [-0.2, -0.15) is 0 Å². The van der Waals surface area contributed by atoms with E-state index in [-0.39, 0.29) is 24.0 Å². The van der Waals surface area contributed by atoms with Gasteiger partial charge in [0.05, 0.1) is 12.4 Å². The van der Waals surface area contributed by atoms with E-state index < -0.39 is 0 Å². The molecular weight excluding hydrogens is 457 g/mol. The Bertz CT molecular complexity index is 477. The maximum atomic E-state index is 5.80. The van der Waals surface area contributed by atoms with Crippen molar-refractivity contribution in [2.24, 2.45) is 4.99 Å². The number of rotatable bonds is 12. The van der Waals surface area contributed by atoms with Gasteiger partial charge in [-0.15, -0.1) is 24.0 Å². The Morgan fingerprint density at radius 2 is 2.15 bits per heavy atom. The molecule has 0 saturated carbocycles. The Kier molecular flexibility index (Phi) is 14.5. The number of guanidine groups is 1. The van der Waals surface area contributed by atoms with Gasteiger partial charge in [-0.1, -0.05) is 0 Å². The second kappa shape index (κ2) is 16.2. The van der Waals surface area contributed by atoms with Crippen LogP contribution in [0.15, 0.2) is 27.8 Å². The van der Waals surface area contributed by atoms with Crippen LogP contribution in [-0.4, -0.2) is 51.5 Å². The van der Waals surface area contributed by atoms with Crippen molar-refractivity contribution in [1.82, 2.24) is 10.6 Å². The third-order valence-corrected chi connectivity index (χ3v) is 4.43. The van der Waals surface area contributed by atoms with E-state index in [1.165, 1.54) is 19.3 Å². The molecule has 2 heterocycles. The zero-order valence-corrected chi connectivity index (χ0v) is 18.9. The predicted molar refractivity (Wildman–Crippen MR) is 120 cm³/mol. The van der Waals surface area contributed by atoms with Crippen LogP contribution in [0.5, 0.6) is 0 Å². The van der Waals surface area contributed by atoms with E-state index in [4.69, 9.17) is 13.9 Å². The van der Waals surface area contributed by atoms with E-state index in [2.05, 4.69) is 15.6 Å². The van der Waals surface area contributed by atoms with Crippen molar-refractivity contribution < 1.29 is 13.9 Å². The Hall–Kier alpha value is -0.800. The number of nitrogens with one attached hydrogen (secondary N) is 2. The van der Waals surface area contributed by atoms with Gasteiger partial charge in [0, 0.05) is 45.9 Å². The van der Waals surface area contributed by atoms with Crippen LogP contribution in [0.1, 0.15) is 51.2 Å². The van der Waals surface area contributed by atoms with Crippen molar-refractivity contribution in [1.29, 1.82) is 0 Å². The average molecular weight is 493 g/mol. The number of halogens is 1. The van der Waals surface area contributed by atoms with Crippen LogP contribution in [0.3, 0.4) is 0 Å². The van der Waals surface area contributed by atoms with Crippen LogP contribution in [0.25, 0.3) is 0 Å². The highest BCUT2D eigenvalue weighted by molar-refractivity contribution is 14.0. The highest BCUT2D eigenvalue weighted by atomic mass is 127. The third-order valence-electron chi connectivity index (χ3n) is 4.43. The molecule has 1 aliphatic rings. The summed E-state index contributed by atoms with van der Waals surface area (Å²) < 4.78 is 16.5. The Morgan fingerprint density at radius 3 is 2.89 bits per heavy atom.